The maximum Gasteiger partial charge on any atom is 0.246 e. The second-order valence-corrected chi connectivity index (χ2v) is 5.71. The van der Waals surface area contributed by atoms with Gasteiger partial charge in [-0.15, -0.1) is 0 Å². The zero-order valence-electron chi connectivity index (χ0n) is 14.5. The predicted octanol–water partition coefficient (Wildman–Crippen LogP) is 3.65. The smallest absolute Gasteiger partial charge is 0.246 e. The molecule has 2 aromatic carbocycles. The summed E-state index contributed by atoms with van der Waals surface area (Å²) in [4.78, 5) is 28.2. The molecule has 4 heteroatoms. The number of likely N-dealkylation sites (N-methyl/N-ethyl adjacent to an activating group) is 1. The van der Waals surface area contributed by atoms with Crippen LogP contribution in [0.25, 0.3) is 0 Å². The summed E-state index contributed by atoms with van der Waals surface area (Å²) in [5.74, 6) is -0.189. The van der Waals surface area contributed by atoms with Gasteiger partial charge in [-0.3, -0.25) is 9.59 Å². The van der Waals surface area contributed by atoms with Crippen LogP contribution in [0.4, 0.5) is 5.69 Å². The van der Waals surface area contributed by atoms with Crippen LogP contribution in [-0.4, -0.2) is 29.8 Å². The Morgan fingerprint density at radius 2 is 1.50 bits per heavy atom. The first-order valence-electron chi connectivity index (χ1n) is 8.22. The summed E-state index contributed by atoms with van der Waals surface area (Å²) < 4.78 is 0. The van der Waals surface area contributed by atoms with Crippen LogP contribution < -0.4 is 4.90 Å². The van der Waals surface area contributed by atoms with E-state index < -0.39 is 0 Å². The van der Waals surface area contributed by atoms with Gasteiger partial charge in [0, 0.05) is 19.2 Å². The fraction of sp³-hybridized carbons (Fsp3) is 0.300. The molecule has 0 radical (unpaired) electrons. The summed E-state index contributed by atoms with van der Waals surface area (Å²) in [5.41, 5.74) is 1.86. The van der Waals surface area contributed by atoms with Crippen molar-refractivity contribution in [1.29, 1.82) is 0 Å². The molecule has 2 rings (SSSR count). The summed E-state index contributed by atoms with van der Waals surface area (Å²) >= 11 is 0. The number of benzene rings is 2. The number of amides is 2. The molecule has 126 valence electrons. The van der Waals surface area contributed by atoms with Crippen molar-refractivity contribution in [3.8, 4) is 0 Å². The van der Waals surface area contributed by atoms with Gasteiger partial charge in [-0.2, -0.15) is 0 Å². The topological polar surface area (TPSA) is 40.6 Å². The number of anilines is 1. The number of hydrogen-bond donors (Lipinski definition) is 0. The summed E-state index contributed by atoms with van der Waals surface area (Å²) in [6.07, 6.45) is 0. The van der Waals surface area contributed by atoms with Gasteiger partial charge in [0.05, 0.1) is 6.04 Å². The summed E-state index contributed by atoms with van der Waals surface area (Å²) in [6.45, 7) is 6.01. The third kappa shape index (κ3) is 4.22. The van der Waals surface area contributed by atoms with E-state index in [-0.39, 0.29) is 24.4 Å². The second-order valence-electron chi connectivity index (χ2n) is 5.71. The number of para-hydroxylation sites is 1. The van der Waals surface area contributed by atoms with Gasteiger partial charge in [-0.25, -0.2) is 0 Å². The highest BCUT2D eigenvalue weighted by atomic mass is 16.2. The molecule has 2 amide bonds. The van der Waals surface area contributed by atoms with Gasteiger partial charge < -0.3 is 9.80 Å². The van der Waals surface area contributed by atoms with Crippen molar-refractivity contribution in [1.82, 2.24) is 4.90 Å². The lowest BCUT2D eigenvalue weighted by atomic mass is 10.1. The zero-order valence-corrected chi connectivity index (χ0v) is 14.5. The van der Waals surface area contributed by atoms with Crippen LogP contribution in [0.3, 0.4) is 0 Å². The van der Waals surface area contributed by atoms with Gasteiger partial charge in [-0.05, 0) is 31.5 Å². The fourth-order valence-corrected chi connectivity index (χ4v) is 2.77. The Hall–Kier alpha value is -2.62. The summed E-state index contributed by atoms with van der Waals surface area (Å²) in [6, 6.07) is 19.1. The molecule has 0 heterocycles. The first-order chi connectivity index (χ1) is 11.5. The highest BCUT2D eigenvalue weighted by Gasteiger charge is 2.24. The van der Waals surface area contributed by atoms with E-state index in [4.69, 9.17) is 0 Å². The quantitative estimate of drug-likeness (QED) is 0.814. The molecule has 1 unspecified atom stereocenters. The lowest BCUT2D eigenvalue weighted by Crippen LogP contribution is -2.43. The first-order valence-corrected chi connectivity index (χ1v) is 8.22. The summed E-state index contributed by atoms with van der Waals surface area (Å²) in [7, 11) is 0. The third-order valence-electron chi connectivity index (χ3n) is 4.14. The van der Waals surface area contributed by atoms with Crippen LogP contribution in [0.5, 0.6) is 0 Å². The van der Waals surface area contributed by atoms with Gasteiger partial charge in [-0.1, -0.05) is 48.5 Å². The van der Waals surface area contributed by atoms with Crippen LogP contribution in [0.15, 0.2) is 60.7 Å². The molecule has 4 nitrogen and oxygen atoms in total. The molecule has 0 spiro atoms. The molecule has 0 fully saturated rings. The zero-order chi connectivity index (χ0) is 17.5. The molecule has 0 bridgehead atoms. The number of carbonyl (C=O) groups excluding carboxylic acids is 2. The van der Waals surface area contributed by atoms with Crippen molar-refractivity contribution in [2.24, 2.45) is 0 Å². The molecule has 0 saturated heterocycles. The minimum Gasteiger partial charge on any atom is -0.327 e. The normalized spacial score (nSPS) is 11.6. The fourth-order valence-electron chi connectivity index (χ4n) is 2.77. The van der Waals surface area contributed by atoms with Crippen molar-refractivity contribution in [2.45, 2.75) is 26.8 Å². The maximum absolute atomic E-state index is 12.8. The van der Waals surface area contributed by atoms with Crippen LogP contribution in [0.1, 0.15) is 32.4 Å². The minimum absolute atomic E-state index is 0.0636. The average Bonchev–Trinajstić information content (AvgIpc) is 2.61. The maximum atomic E-state index is 12.8. The molecule has 0 aliphatic carbocycles. The Labute approximate surface area is 143 Å². The molecule has 2 aromatic rings. The van der Waals surface area contributed by atoms with E-state index in [1.807, 2.05) is 74.5 Å². The molecule has 1 atom stereocenters. The Bertz CT molecular complexity index is 671. The van der Waals surface area contributed by atoms with Crippen molar-refractivity contribution >= 4 is 17.5 Å². The van der Waals surface area contributed by atoms with Crippen LogP contribution >= 0.6 is 0 Å². The molecule has 0 aliphatic heterocycles. The van der Waals surface area contributed by atoms with E-state index in [2.05, 4.69) is 0 Å². The molecule has 0 aliphatic rings. The number of carbonyl (C=O) groups is 2. The second kappa shape index (κ2) is 8.29. The lowest BCUT2D eigenvalue weighted by Gasteiger charge is -2.30. The van der Waals surface area contributed by atoms with E-state index in [9.17, 15) is 9.59 Å². The van der Waals surface area contributed by atoms with Gasteiger partial charge in [0.2, 0.25) is 11.8 Å². The van der Waals surface area contributed by atoms with E-state index in [0.29, 0.717) is 6.54 Å². The largest absolute Gasteiger partial charge is 0.327 e. The van der Waals surface area contributed by atoms with Crippen LogP contribution in [0.2, 0.25) is 0 Å². The standard InChI is InChI=1S/C20H24N2O2/c1-4-21(19-13-9-6-10-14-19)20(24)15-22(17(3)23)16(2)18-11-7-5-8-12-18/h5-14,16H,4,15H2,1-3H3. The molecule has 0 saturated carbocycles. The summed E-state index contributed by atoms with van der Waals surface area (Å²) in [5, 5.41) is 0. The number of rotatable bonds is 6. The number of hydrogen-bond acceptors (Lipinski definition) is 2. The van der Waals surface area contributed by atoms with E-state index in [1.54, 1.807) is 9.80 Å². The number of nitrogens with zero attached hydrogens (tertiary/aromatic N) is 2. The highest BCUT2D eigenvalue weighted by Crippen LogP contribution is 2.21. The van der Waals surface area contributed by atoms with Gasteiger partial charge in [0.1, 0.15) is 6.54 Å². The van der Waals surface area contributed by atoms with E-state index in [1.165, 1.54) is 6.92 Å². The lowest BCUT2D eigenvalue weighted by molar-refractivity contribution is -0.135. The van der Waals surface area contributed by atoms with E-state index in [0.717, 1.165) is 11.3 Å². The molecule has 0 N–H and O–H groups in total. The van der Waals surface area contributed by atoms with Crippen molar-refractivity contribution in [3.05, 3.63) is 66.2 Å². The van der Waals surface area contributed by atoms with Crippen molar-refractivity contribution < 1.29 is 9.59 Å². The SMILES string of the molecule is CCN(C(=O)CN(C(C)=O)C(C)c1ccccc1)c1ccccc1. The van der Waals surface area contributed by atoms with Crippen LogP contribution in [-0.2, 0) is 9.59 Å². The average molecular weight is 324 g/mol. The van der Waals surface area contributed by atoms with E-state index >= 15 is 0 Å². The third-order valence-corrected chi connectivity index (χ3v) is 4.14. The van der Waals surface area contributed by atoms with Gasteiger partial charge >= 0.3 is 0 Å². The highest BCUT2D eigenvalue weighted by molar-refractivity contribution is 5.96. The van der Waals surface area contributed by atoms with Crippen LogP contribution in [0, 0.1) is 0 Å². The minimum atomic E-state index is -0.151. The Morgan fingerprint density at radius 3 is 2.00 bits per heavy atom. The van der Waals surface area contributed by atoms with Crippen molar-refractivity contribution in [3.63, 3.8) is 0 Å². The van der Waals surface area contributed by atoms with Gasteiger partial charge in [0.15, 0.2) is 0 Å². The monoisotopic (exact) mass is 324 g/mol. The molecular weight excluding hydrogens is 300 g/mol. The Morgan fingerprint density at radius 1 is 0.958 bits per heavy atom. The Kier molecular flexibility index (Phi) is 6.13. The molecule has 24 heavy (non-hydrogen) atoms. The first kappa shape index (κ1) is 17.7. The predicted molar refractivity (Wildman–Crippen MR) is 96.7 cm³/mol. The molecular formula is C20H24N2O2. The van der Waals surface area contributed by atoms with Crippen molar-refractivity contribution in [2.75, 3.05) is 18.0 Å². The van der Waals surface area contributed by atoms with Gasteiger partial charge in [0.25, 0.3) is 0 Å². The molecule has 0 aromatic heterocycles. The Balaban J connectivity index is 2.18.